The Hall–Kier alpha value is -0.860. The molecule has 24 heavy (non-hydrogen) atoms. The molecular weight excluding hydrogens is 296 g/mol. The highest BCUT2D eigenvalue weighted by atomic mass is 16.5. The molecule has 3 rings (SSSR count). The topological polar surface area (TPSA) is 29.5 Å². The third kappa shape index (κ3) is 3.86. The second-order valence-electron chi connectivity index (χ2n) is 8.12. The van der Waals surface area contributed by atoms with E-state index in [-0.39, 0.29) is 5.41 Å². The van der Waals surface area contributed by atoms with Gasteiger partial charge in [0.15, 0.2) is 0 Å². The first kappa shape index (κ1) is 19.5. The molecule has 0 aliphatic heterocycles. The van der Waals surface area contributed by atoms with Gasteiger partial charge in [0, 0.05) is 13.7 Å². The van der Waals surface area contributed by atoms with Gasteiger partial charge in [-0.15, -0.1) is 0 Å². The average Bonchev–Trinajstić information content (AvgIpc) is 2.59. The summed E-state index contributed by atoms with van der Waals surface area (Å²) < 4.78 is 5.26. The molecule has 0 radical (unpaired) electrons. The molecule has 0 amide bonds. The number of hydrogen-bond donors (Lipinski definition) is 1. The lowest BCUT2D eigenvalue weighted by atomic mass is 9.55. The zero-order valence-corrected chi connectivity index (χ0v) is 16.3. The van der Waals surface area contributed by atoms with Crippen LogP contribution >= 0.6 is 0 Å². The van der Waals surface area contributed by atoms with Crippen molar-refractivity contribution in [1.29, 1.82) is 0 Å². The van der Waals surface area contributed by atoms with E-state index in [0.29, 0.717) is 25.0 Å². The van der Waals surface area contributed by atoms with Crippen LogP contribution in [0.1, 0.15) is 76.0 Å². The van der Waals surface area contributed by atoms with Crippen molar-refractivity contribution < 1.29 is 9.84 Å². The zero-order chi connectivity index (χ0) is 17.7. The highest BCUT2D eigenvalue weighted by Gasteiger charge is 2.45. The molecule has 0 spiro atoms. The van der Waals surface area contributed by atoms with Gasteiger partial charge in [-0.3, -0.25) is 0 Å². The summed E-state index contributed by atoms with van der Waals surface area (Å²) in [5.74, 6) is 2.03. The Morgan fingerprint density at radius 3 is 2.58 bits per heavy atom. The second kappa shape index (κ2) is 8.49. The maximum atomic E-state index is 9.79. The van der Waals surface area contributed by atoms with Crippen LogP contribution in [0.15, 0.2) is 18.2 Å². The SMILES string of the molecule is CCC.COCc1ccc2c(c1)CCC1C2CCC(C)(CO)C1C. The van der Waals surface area contributed by atoms with E-state index in [1.54, 1.807) is 12.7 Å². The molecule has 0 bridgehead atoms. The van der Waals surface area contributed by atoms with E-state index < -0.39 is 0 Å². The number of aliphatic hydroxyl groups excluding tert-OH is 1. The fourth-order valence-corrected chi connectivity index (χ4v) is 4.67. The van der Waals surface area contributed by atoms with Crippen LogP contribution in [0.3, 0.4) is 0 Å². The maximum Gasteiger partial charge on any atom is 0.0713 e. The van der Waals surface area contributed by atoms with E-state index in [0.717, 1.165) is 12.3 Å². The standard InChI is InChI=1S/C19H28O2.C3H8/c1-13-16-7-5-15-10-14(11-21-3)4-6-17(15)18(16)8-9-19(13,2)12-20;1-3-2/h4,6,10,13,16,18,20H,5,7-9,11-12H2,1-3H3;3H2,1-2H3. The quantitative estimate of drug-likeness (QED) is 0.811. The predicted molar refractivity (Wildman–Crippen MR) is 101 cm³/mol. The van der Waals surface area contributed by atoms with Crippen LogP contribution in [0.5, 0.6) is 0 Å². The minimum absolute atomic E-state index is 0.120. The molecule has 0 heterocycles. The number of ether oxygens (including phenoxy) is 1. The van der Waals surface area contributed by atoms with Gasteiger partial charge in [-0.1, -0.05) is 52.3 Å². The Labute approximate surface area is 148 Å². The van der Waals surface area contributed by atoms with E-state index >= 15 is 0 Å². The van der Waals surface area contributed by atoms with Crippen molar-refractivity contribution in [2.24, 2.45) is 17.3 Å². The van der Waals surface area contributed by atoms with Gasteiger partial charge < -0.3 is 9.84 Å². The number of methoxy groups -OCH3 is 1. The summed E-state index contributed by atoms with van der Waals surface area (Å²) in [4.78, 5) is 0. The lowest BCUT2D eigenvalue weighted by Gasteiger charge is -2.50. The molecule has 4 atom stereocenters. The number of rotatable bonds is 3. The van der Waals surface area contributed by atoms with Crippen LogP contribution < -0.4 is 0 Å². The van der Waals surface area contributed by atoms with Gasteiger partial charge in [0.25, 0.3) is 0 Å². The Bertz CT molecular complexity index is 525. The van der Waals surface area contributed by atoms with Crippen molar-refractivity contribution in [2.45, 2.75) is 72.3 Å². The number of hydrogen-bond acceptors (Lipinski definition) is 2. The van der Waals surface area contributed by atoms with Crippen LogP contribution in [0.25, 0.3) is 0 Å². The van der Waals surface area contributed by atoms with Gasteiger partial charge in [-0.2, -0.15) is 0 Å². The second-order valence-corrected chi connectivity index (χ2v) is 8.12. The predicted octanol–water partition coefficient (Wildman–Crippen LogP) is 5.32. The molecular formula is C22H36O2. The summed E-state index contributed by atoms with van der Waals surface area (Å²) in [6.07, 6.45) is 6.07. The largest absolute Gasteiger partial charge is 0.396 e. The molecule has 4 unspecified atom stereocenters. The van der Waals surface area contributed by atoms with Gasteiger partial charge >= 0.3 is 0 Å². The van der Waals surface area contributed by atoms with Crippen molar-refractivity contribution in [1.82, 2.24) is 0 Å². The molecule has 1 saturated carbocycles. The highest BCUT2D eigenvalue weighted by molar-refractivity contribution is 5.37. The van der Waals surface area contributed by atoms with Gasteiger partial charge in [-0.05, 0) is 65.5 Å². The first-order chi connectivity index (χ1) is 11.5. The summed E-state index contributed by atoms with van der Waals surface area (Å²) in [6, 6.07) is 6.92. The Morgan fingerprint density at radius 1 is 1.25 bits per heavy atom. The highest BCUT2D eigenvalue weighted by Crippen LogP contribution is 2.54. The van der Waals surface area contributed by atoms with Gasteiger partial charge in [0.1, 0.15) is 0 Å². The van der Waals surface area contributed by atoms with Gasteiger partial charge in [0.2, 0.25) is 0 Å². The van der Waals surface area contributed by atoms with Crippen LogP contribution in [-0.4, -0.2) is 18.8 Å². The average molecular weight is 333 g/mol. The van der Waals surface area contributed by atoms with E-state index in [4.69, 9.17) is 4.74 Å². The molecule has 1 N–H and O–H groups in total. The lowest BCUT2D eigenvalue weighted by Crippen LogP contribution is -2.43. The molecule has 2 aliphatic carbocycles. The monoisotopic (exact) mass is 332 g/mol. The van der Waals surface area contributed by atoms with E-state index in [1.165, 1.54) is 36.8 Å². The minimum atomic E-state index is 0.120. The van der Waals surface area contributed by atoms with Crippen molar-refractivity contribution >= 4 is 0 Å². The van der Waals surface area contributed by atoms with Crippen molar-refractivity contribution in [2.75, 3.05) is 13.7 Å². The fourth-order valence-electron chi connectivity index (χ4n) is 4.67. The maximum absolute atomic E-state index is 9.79. The molecule has 1 aromatic carbocycles. The van der Waals surface area contributed by atoms with Crippen LogP contribution in [-0.2, 0) is 17.8 Å². The van der Waals surface area contributed by atoms with Crippen molar-refractivity contribution in [3.8, 4) is 0 Å². The van der Waals surface area contributed by atoms with Gasteiger partial charge in [-0.25, -0.2) is 0 Å². The Morgan fingerprint density at radius 2 is 1.96 bits per heavy atom. The number of aryl methyl sites for hydroxylation is 1. The molecule has 0 saturated heterocycles. The summed E-state index contributed by atoms with van der Waals surface area (Å²) in [7, 11) is 1.76. The first-order valence-electron chi connectivity index (χ1n) is 9.72. The van der Waals surface area contributed by atoms with E-state index in [1.807, 2.05) is 0 Å². The normalized spacial score (nSPS) is 31.5. The van der Waals surface area contributed by atoms with E-state index in [9.17, 15) is 5.11 Å². The van der Waals surface area contributed by atoms with Crippen molar-refractivity contribution in [3.63, 3.8) is 0 Å². The van der Waals surface area contributed by atoms with Gasteiger partial charge in [0.05, 0.1) is 6.61 Å². The fraction of sp³-hybridized carbons (Fsp3) is 0.727. The molecule has 1 fully saturated rings. The molecule has 2 nitrogen and oxygen atoms in total. The number of fused-ring (bicyclic) bond motifs is 3. The summed E-state index contributed by atoms with van der Waals surface area (Å²) >= 11 is 0. The van der Waals surface area contributed by atoms with Crippen LogP contribution in [0.2, 0.25) is 0 Å². The summed E-state index contributed by atoms with van der Waals surface area (Å²) in [5.41, 5.74) is 4.51. The minimum Gasteiger partial charge on any atom is -0.396 e. The number of benzene rings is 1. The molecule has 2 aliphatic rings. The molecule has 0 aromatic heterocycles. The molecule has 2 heteroatoms. The zero-order valence-electron chi connectivity index (χ0n) is 16.3. The van der Waals surface area contributed by atoms with E-state index in [2.05, 4.69) is 45.9 Å². The first-order valence-corrected chi connectivity index (χ1v) is 9.72. The van der Waals surface area contributed by atoms with Crippen LogP contribution in [0, 0.1) is 17.3 Å². The van der Waals surface area contributed by atoms with Crippen LogP contribution in [0.4, 0.5) is 0 Å². The lowest BCUT2D eigenvalue weighted by molar-refractivity contribution is -0.00298. The Balaban J connectivity index is 0.000000647. The number of aliphatic hydroxyl groups is 1. The molecule has 1 aromatic rings. The molecule has 136 valence electrons. The van der Waals surface area contributed by atoms with Crippen molar-refractivity contribution in [3.05, 3.63) is 34.9 Å². The Kier molecular flexibility index (Phi) is 6.88. The third-order valence-electron chi connectivity index (χ3n) is 6.31. The third-order valence-corrected chi connectivity index (χ3v) is 6.31. The smallest absolute Gasteiger partial charge is 0.0713 e. The summed E-state index contributed by atoms with van der Waals surface area (Å²) in [5, 5.41) is 9.79. The summed E-state index contributed by atoms with van der Waals surface area (Å²) in [6.45, 7) is 9.92.